The summed E-state index contributed by atoms with van der Waals surface area (Å²) >= 11 is 1.76. The van der Waals surface area contributed by atoms with E-state index in [0.717, 1.165) is 31.7 Å². The van der Waals surface area contributed by atoms with Crippen LogP contribution in [0.4, 0.5) is 0 Å². The van der Waals surface area contributed by atoms with Crippen LogP contribution in [0.1, 0.15) is 30.1 Å². The van der Waals surface area contributed by atoms with Crippen molar-refractivity contribution >= 4 is 22.2 Å². The minimum Gasteiger partial charge on any atom is -0.341 e. The monoisotopic (exact) mass is 299 g/mol. The molecule has 1 aromatic carbocycles. The molecule has 0 atom stereocenters. The first-order valence-electron chi connectivity index (χ1n) is 7.52. The second-order valence-electron chi connectivity index (χ2n) is 5.20. The number of aromatic nitrogens is 2. The number of nitrogens with one attached hydrogen (secondary N) is 1. The van der Waals surface area contributed by atoms with Crippen molar-refractivity contribution in [3.63, 3.8) is 0 Å². The van der Waals surface area contributed by atoms with E-state index in [2.05, 4.69) is 64.6 Å². The lowest BCUT2D eigenvalue weighted by Gasteiger charge is -2.05. The van der Waals surface area contributed by atoms with Crippen molar-refractivity contribution in [3.8, 4) is 0 Å². The van der Waals surface area contributed by atoms with Gasteiger partial charge in [0.1, 0.15) is 0 Å². The lowest BCUT2D eigenvalue weighted by molar-refractivity contribution is 0.727. The molecule has 0 saturated heterocycles. The third-order valence-corrected chi connectivity index (χ3v) is 4.69. The molecular weight excluding hydrogens is 278 g/mol. The molecule has 0 aliphatic heterocycles. The maximum absolute atomic E-state index is 4.66. The quantitative estimate of drug-likeness (QED) is 0.750. The second kappa shape index (κ2) is 6.41. The summed E-state index contributed by atoms with van der Waals surface area (Å²) in [6, 6.07) is 8.89. The van der Waals surface area contributed by atoms with Gasteiger partial charge in [0.15, 0.2) is 0 Å². The molecule has 21 heavy (non-hydrogen) atoms. The molecule has 0 saturated carbocycles. The Morgan fingerprint density at radius 2 is 2.14 bits per heavy atom. The van der Waals surface area contributed by atoms with Crippen LogP contribution in [-0.2, 0) is 19.5 Å². The number of hydrogen-bond donors (Lipinski definition) is 1. The summed E-state index contributed by atoms with van der Waals surface area (Å²) in [6.07, 6.45) is 3.18. The summed E-state index contributed by atoms with van der Waals surface area (Å²) < 4.78 is 2.28. The van der Waals surface area contributed by atoms with Crippen LogP contribution in [0.5, 0.6) is 0 Å². The molecule has 0 fully saturated rings. The number of aryl methyl sites for hydroxylation is 1. The van der Waals surface area contributed by atoms with Crippen LogP contribution in [0.25, 0.3) is 10.9 Å². The topological polar surface area (TPSA) is 29.9 Å². The molecule has 2 heterocycles. The van der Waals surface area contributed by atoms with Gasteiger partial charge in [0.05, 0.1) is 17.2 Å². The average Bonchev–Trinajstić information content (AvgIpc) is 3.12. The minimum absolute atomic E-state index is 0.854. The maximum atomic E-state index is 4.66. The van der Waals surface area contributed by atoms with Crippen molar-refractivity contribution in [1.82, 2.24) is 14.9 Å². The summed E-state index contributed by atoms with van der Waals surface area (Å²) in [5, 5.41) is 8.06. The van der Waals surface area contributed by atoms with Gasteiger partial charge in [0, 0.05) is 23.6 Å². The highest BCUT2D eigenvalue weighted by molar-refractivity contribution is 7.09. The zero-order valence-corrected chi connectivity index (χ0v) is 13.4. The molecule has 110 valence electrons. The summed E-state index contributed by atoms with van der Waals surface area (Å²) in [6.45, 7) is 7.08. The molecule has 3 nitrogen and oxygen atoms in total. The van der Waals surface area contributed by atoms with Crippen LogP contribution in [0.3, 0.4) is 0 Å². The smallest absolute Gasteiger partial charge is 0.0926 e. The third-order valence-electron chi connectivity index (χ3n) is 3.65. The zero-order chi connectivity index (χ0) is 14.7. The standard InChI is InChI=1S/C17H21N3S/c1-3-17-19-15(12-21-17)11-20-8-7-14-9-13(10-18-4-2)5-6-16(14)20/h5-9,12,18H,3-4,10-11H2,1-2H3. The van der Waals surface area contributed by atoms with Crippen molar-refractivity contribution in [2.45, 2.75) is 33.4 Å². The van der Waals surface area contributed by atoms with Gasteiger partial charge < -0.3 is 9.88 Å². The fourth-order valence-corrected chi connectivity index (χ4v) is 3.26. The van der Waals surface area contributed by atoms with Gasteiger partial charge >= 0.3 is 0 Å². The Hall–Kier alpha value is -1.65. The van der Waals surface area contributed by atoms with Crippen LogP contribution >= 0.6 is 11.3 Å². The Morgan fingerprint density at radius 3 is 2.90 bits per heavy atom. The Morgan fingerprint density at radius 1 is 1.24 bits per heavy atom. The highest BCUT2D eigenvalue weighted by atomic mass is 32.1. The van der Waals surface area contributed by atoms with E-state index in [1.165, 1.54) is 21.5 Å². The van der Waals surface area contributed by atoms with E-state index in [4.69, 9.17) is 0 Å². The molecule has 0 aliphatic carbocycles. The molecule has 1 N–H and O–H groups in total. The fraction of sp³-hybridized carbons (Fsp3) is 0.353. The lowest BCUT2D eigenvalue weighted by Crippen LogP contribution is -2.11. The van der Waals surface area contributed by atoms with Crippen LogP contribution < -0.4 is 5.32 Å². The SMILES string of the molecule is CCNCc1ccc2c(ccn2Cc2csc(CC)n2)c1. The van der Waals surface area contributed by atoms with E-state index >= 15 is 0 Å². The third kappa shape index (κ3) is 3.17. The van der Waals surface area contributed by atoms with Crippen LogP contribution in [0.2, 0.25) is 0 Å². The number of nitrogens with zero attached hydrogens (tertiary/aromatic N) is 2. The molecule has 0 unspecified atom stereocenters. The predicted octanol–water partition coefficient (Wildman–Crippen LogP) is 3.82. The molecule has 0 amide bonds. The van der Waals surface area contributed by atoms with Crippen LogP contribution in [0.15, 0.2) is 35.8 Å². The number of hydrogen-bond acceptors (Lipinski definition) is 3. The van der Waals surface area contributed by atoms with Gasteiger partial charge in [-0.05, 0) is 42.1 Å². The van der Waals surface area contributed by atoms with Gasteiger partial charge in [-0.15, -0.1) is 11.3 Å². The summed E-state index contributed by atoms with van der Waals surface area (Å²) in [5.41, 5.74) is 3.77. The predicted molar refractivity (Wildman–Crippen MR) is 89.9 cm³/mol. The minimum atomic E-state index is 0.854. The van der Waals surface area contributed by atoms with Crippen molar-refractivity contribution in [2.24, 2.45) is 0 Å². The van der Waals surface area contributed by atoms with E-state index in [9.17, 15) is 0 Å². The zero-order valence-electron chi connectivity index (χ0n) is 12.6. The van der Waals surface area contributed by atoms with Crippen molar-refractivity contribution in [3.05, 3.63) is 52.1 Å². The lowest BCUT2D eigenvalue weighted by atomic mass is 10.1. The van der Waals surface area contributed by atoms with Gasteiger partial charge in [0.2, 0.25) is 0 Å². The molecular formula is C17H21N3S. The summed E-state index contributed by atoms with van der Waals surface area (Å²) in [5.74, 6) is 0. The molecule has 0 aliphatic rings. The molecule has 4 heteroatoms. The number of fused-ring (bicyclic) bond motifs is 1. The first kappa shape index (κ1) is 14.3. The van der Waals surface area contributed by atoms with Gasteiger partial charge in [-0.1, -0.05) is 19.9 Å². The first-order valence-corrected chi connectivity index (χ1v) is 8.40. The van der Waals surface area contributed by atoms with E-state index in [1.54, 1.807) is 11.3 Å². The second-order valence-corrected chi connectivity index (χ2v) is 6.15. The molecule has 0 bridgehead atoms. The Balaban J connectivity index is 1.82. The number of benzene rings is 1. The average molecular weight is 299 g/mol. The highest BCUT2D eigenvalue weighted by Gasteiger charge is 2.05. The molecule has 0 spiro atoms. The van der Waals surface area contributed by atoms with Crippen molar-refractivity contribution < 1.29 is 0 Å². The highest BCUT2D eigenvalue weighted by Crippen LogP contribution is 2.20. The van der Waals surface area contributed by atoms with E-state index in [1.807, 2.05) is 0 Å². The fourth-order valence-electron chi connectivity index (χ4n) is 2.53. The largest absolute Gasteiger partial charge is 0.341 e. The van der Waals surface area contributed by atoms with Crippen molar-refractivity contribution in [2.75, 3.05) is 6.54 Å². The molecule has 3 rings (SSSR count). The summed E-state index contributed by atoms with van der Waals surface area (Å²) in [4.78, 5) is 4.66. The van der Waals surface area contributed by atoms with Gasteiger partial charge in [-0.3, -0.25) is 0 Å². The Bertz CT molecular complexity index is 727. The van der Waals surface area contributed by atoms with Gasteiger partial charge in [-0.25, -0.2) is 4.98 Å². The molecule has 2 aromatic heterocycles. The van der Waals surface area contributed by atoms with E-state index in [0.29, 0.717) is 0 Å². The maximum Gasteiger partial charge on any atom is 0.0926 e. The number of rotatable bonds is 6. The Kier molecular flexibility index (Phi) is 4.36. The van der Waals surface area contributed by atoms with Gasteiger partial charge in [-0.2, -0.15) is 0 Å². The van der Waals surface area contributed by atoms with E-state index < -0.39 is 0 Å². The normalized spacial score (nSPS) is 11.3. The van der Waals surface area contributed by atoms with Crippen LogP contribution in [0, 0.1) is 0 Å². The molecule has 0 radical (unpaired) electrons. The van der Waals surface area contributed by atoms with Crippen molar-refractivity contribution in [1.29, 1.82) is 0 Å². The molecule has 3 aromatic rings. The Labute approximate surface area is 129 Å². The van der Waals surface area contributed by atoms with Crippen LogP contribution in [-0.4, -0.2) is 16.1 Å². The van der Waals surface area contributed by atoms with Gasteiger partial charge in [0.25, 0.3) is 0 Å². The number of thiazole rings is 1. The summed E-state index contributed by atoms with van der Waals surface area (Å²) in [7, 11) is 0. The first-order chi connectivity index (χ1) is 10.3. The van der Waals surface area contributed by atoms with E-state index in [-0.39, 0.29) is 0 Å².